The van der Waals surface area contributed by atoms with Crippen molar-refractivity contribution < 1.29 is 0 Å². The maximum atomic E-state index is 4.89. The van der Waals surface area contributed by atoms with Gasteiger partial charge in [0.1, 0.15) is 0 Å². The summed E-state index contributed by atoms with van der Waals surface area (Å²) in [5, 5.41) is 9.21. The molecule has 0 aliphatic carbocycles. The Morgan fingerprint density at radius 1 is 1.35 bits per heavy atom. The standard InChI is InChI=1S/C19H35N5S.HI/c1-5-11-24-12-9-16(10-13-24)22-19(20-6-2)21-15-17(23(3)4)18-8-7-14-25-18;/h7-8,14,16-17H,5-6,9-13,15H2,1-4H3,(H2,20,21,22);1H. The molecule has 26 heavy (non-hydrogen) atoms. The number of likely N-dealkylation sites (tertiary alicyclic amines) is 1. The number of thiophene rings is 1. The predicted molar refractivity (Wildman–Crippen MR) is 125 cm³/mol. The van der Waals surface area contributed by atoms with Crippen LogP contribution in [0.3, 0.4) is 0 Å². The second-order valence-electron chi connectivity index (χ2n) is 6.97. The fourth-order valence-corrected chi connectivity index (χ4v) is 4.21. The van der Waals surface area contributed by atoms with E-state index in [4.69, 9.17) is 4.99 Å². The highest BCUT2D eigenvalue weighted by Crippen LogP contribution is 2.23. The third kappa shape index (κ3) is 7.70. The Balaban J connectivity index is 0.00000338. The van der Waals surface area contributed by atoms with Crippen molar-refractivity contribution in [1.29, 1.82) is 0 Å². The van der Waals surface area contributed by atoms with Crippen molar-refractivity contribution in [2.75, 3.05) is 46.8 Å². The summed E-state index contributed by atoms with van der Waals surface area (Å²) in [5.74, 6) is 0.958. The van der Waals surface area contributed by atoms with Crippen LogP contribution in [0.4, 0.5) is 0 Å². The van der Waals surface area contributed by atoms with Gasteiger partial charge in [-0.05, 0) is 58.3 Å². The summed E-state index contributed by atoms with van der Waals surface area (Å²) in [6.07, 6.45) is 3.65. The Labute approximate surface area is 180 Å². The van der Waals surface area contributed by atoms with Crippen molar-refractivity contribution in [3.63, 3.8) is 0 Å². The van der Waals surface area contributed by atoms with E-state index in [9.17, 15) is 0 Å². The molecule has 0 bridgehead atoms. The molecule has 1 aromatic heterocycles. The van der Waals surface area contributed by atoms with Crippen molar-refractivity contribution in [2.24, 2.45) is 4.99 Å². The van der Waals surface area contributed by atoms with E-state index in [1.807, 2.05) is 11.3 Å². The fourth-order valence-electron chi connectivity index (χ4n) is 3.30. The molecule has 150 valence electrons. The molecule has 5 nitrogen and oxygen atoms in total. The van der Waals surface area contributed by atoms with Crippen LogP contribution >= 0.6 is 35.3 Å². The molecule has 0 saturated carbocycles. The number of likely N-dealkylation sites (N-methyl/N-ethyl adjacent to an activating group) is 1. The van der Waals surface area contributed by atoms with E-state index in [2.05, 4.69) is 65.9 Å². The van der Waals surface area contributed by atoms with E-state index in [1.165, 1.54) is 43.8 Å². The number of rotatable bonds is 8. The van der Waals surface area contributed by atoms with Crippen molar-refractivity contribution in [1.82, 2.24) is 20.4 Å². The molecule has 1 aliphatic heterocycles. The van der Waals surface area contributed by atoms with Gasteiger partial charge in [0.05, 0.1) is 12.6 Å². The maximum absolute atomic E-state index is 4.89. The van der Waals surface area contributed by atoms with Crippen LogP contribution in [0.25, 0.3) is 0 Å². The lowest BCUT2D eigenvalue weighted by Gasteiger charge is -2.33. The third-order valence-corrected chi connectivity index (χ3v) is 5.70. The van der Waals surface area contributed by atoms with E-state index in [0.717, 1.165) is 19.0 Å². The smallest absolute Gasteiger partial charge is 0.191 e. The molecule has 2 N–H and O–H groups in total. The van der Waals surface area contributed by atoms with Gasteiger partial charge < -0.3 is 20.4 Å². The zero-order chi connectivity index (χ0) is 18.1. The largest absolute Gasteiger partial charge is 0.357 e. The number of nitrogens with one attached hydrogen (secondary N) is 2. The number of aliphatic imine (C=N–C) groups is 1. The molecule has 0 aromatic carbocycles. The van der Waals surface area contributed by atoms with Gasteiger partial charge in [-0.15, -0.1) is 35.3 Å². The van der Waals surface area contributed by atoms with Gasteiger partial charge in [-0.1, -0.05) is 13.0 Å². The number of piperidine rings is 1. The molecule has 1 aromatic rings. The van der Waals surface area contributed by atoms with Crippen molar-refractivity contribution in [3.05, 3.63) is 22.4 Å². The minimum Gasteiger partial charge on any atom is -0.357 e. The summed E-state index contributed by atoms with van der Waals surface area (Å²) in [7, 11) is 4.26. The second kappa shape index (κ2) is 12.9. The van der Waals surface area contributed by atoms with Gasteiger partial charge >= 0.3 is 0 Å². The molecule has 0 spiro atoms. The van der Waals surface area contributed by atoms with Crippen LogP contribution < -0.4 is 10.6 Å². The number of nitrogens with zero attached hydrogens (tertiary/aromatic N) is 3. The summed E-state index contributed by atoms with van der Waals surface area (Å²) in [5.41, 5.74) is 0. The number of halogens is 1. The molecule has 2 rings (SSSR count). The SMILES string of the molecule is CCCN1CCC(NC(=NCC(c2cccs2)N(C)C)NCC)CC1.I. The second-order valence-corrected chi connectivity index (χ2v) is 7.95. The number of guanidine groups is 1. The van der Waals surface area contributed by atoms with Gasteiger partial charge in [0.25, 0.3) is 0 Å². The van der Waals surface area contributed by atoms with Gasteiger partial charge in [-0.3, -0.25) is 4.99 Å². The van der Waals surface area contributed by atoms with Crippen LogP contribution in [0.2, 0.25) is 0 Å². The Kier molecular flexibility index (Phi) is 11.7. The van der Waals surface area contributed by atoms with Crippen molar-refractivity contribution in [2.45, 2.75) is 45.2 Å². The Morgan fingerprint density at radius 3 is 2.62 bits per heavy atom. The monoisotopic (exact) mass is 493 g/mol. The van der Waals surface area contributed by atoms with Crippen LogP contribution in [-0.4, -0.2) is 68.6 Å². The normalized spacial score (nSPS) is 17.8. The van der Waals surface area contributed by atoms with Crippen LogP contribution in [0.15, 0.2) is 22.5 Å². The zero-order valence-electron chi connectivity index (χ0n) is 16.7. The van der Waals surface area contributed by atoms with Gasteiger partial charge in [-0.2, -0.15) is 0 Å². The lowest BCUT2D eigenvalue weighted by molar-refractivity contribution is 0.206. The molecule has 1 atom stereocenters. The average Bonchev–Trinajstić information content (AvgIpc) is 3.11. The topological polar surface area (TPSA) is 42.9 Å². The van der Waals surface area contributed by atoms with Gasteiger partial charge in [0.15, 0.2) is 5.96 Å². The predicted octanol–water partition coefficient (Wildman–Crippen LogP) is 3.40. The fraction of sp³-hybridized carbons (Fsp3) is 0.737. The quantitative estimate of drug-likeness (QED) is 0.331. The van der Waals surface area contributed by atoms with Gasteiger partial charge in [0.2, 0.25) is 0 Å². The van der Waals surface area contributed by atoms with Crippen molar-refractivity contribution in [3.8, 4) is 0 Å². The molecule has 1 unspecified atom stereocenters. The van der Waals surface area contributed by atoms with Gasteiger partial charge in [0, 0.05) is 30.6 Å². The highest BCUT2D eigenvalue weighted by atomic mass is 127. The molecule has 0 radical (unpaired) electrons. The number of hydrogen-bond acceptors (Lipinski definition) is 4. The highest BCUT2D eigenvalue weighted by Gasteiger charge is 2.20. The lowest BCUT2D eigenvalue weighted by atomic mass is 10.1. The number of hydrogen-bond donors (Lipinski definition) is 2. The summed E-state index contributed by atoms with van der Waals surface area (Å²) < 4.78 is 0. The lowest BCUT2D eigenvalue weighted by Crippen LogP contribution is -2.49. The Hall–Kier alpha value is -0.380. The van der Waals surface area contributed by atoms with Crippen LogP contribution in [0.5, 0.6) is 0 Å². The molecular weight excluding hydrogens is 457 g/mol. The van der Waals surface area contributed by atoms with Gasteiger partial charge in [-0.25, -0.2) is 0 Å². The van der Waals surface area contributed by atoms with Crippen LogP contribution in [0, 0.1) is 0 Å². The summed E-state index contributed by atoms with van der Waals surface area (Å²) in [6.45, 7) is 9.68. The Morgan fingerprint density at radius 2 is 2.08 bits per heavy atom. The average molecular weight is 494 g/mol. The van der Waals surface area contributed by atoms with Crippen LogP contribution in [-0.2, 0) is 0 Å². The van der Waals surface area contributed by atoms with E-state index >= 15 is 0 Å². The Bertz CT molecular complexity index is 498. The van der Waals surface area contributed by atoms with Crippen LogP contribution in [0.1, 0.15) is 44.0 Å². The zero-order valence-corrected chi connectivity index (χ0v) is 19.8. The first-order valence-corrected chi connectivity index (χ1v) is 10.5. The molecule has 0 amide bonds. The maximum Gasteiger partial charge on any atom is 0.191 e. The molecule has 7 heteroatoms. The minimum absolute atomic E-state index is 0. The first-order valence-electron chi connectivity index (χ1n) is 9.61. The van der Waals surface area contributed by atoms with Crippen molar-refractivity contribution >= 4 is 41.3 Å². The minimum atomic E-state index is 0. The van der Waals surface area contributed by atoms with E-state index in [1.54, 1.807) is 0 Å². The van der Waals surface area contributed by atoms with E-state index < -0.39 is 0 Å². The molecule has 1 aliphatic rings. The molecule has 2 heterocycles. The summed E-state index contributed by atoms with van der Waals surface area (Å²) >= 11 is 1.81. The first kappa shape index (κ1) is 23.7. The van der Waals surface area contributed by atoms with E-state index in [0.29, 0.717) is 12.1 Å². The molecule has 1 fully saturated rings. The summed E-state index contributed by atoms with van der Waals surface area (Å²) in [4.78, 5) is 11.1. The van der Waals surface area contributed by atoms with E-state index in [-0.39, 0.29) is 24.0 Å². The molecule has 1 saturated heterocycles. The third-order valence-electron chi connectivity index (χ3n) is 4.73. The first-order chi connectivity index (χ1) is 12.1. The molecular formula is C19H36IN5S. The highest BCUT2D eigenvalue weighted by molar-refractivity contribution is 14.0. The summed E-state index contributed by atoms with van der Waals surface area (Å²) in [6, 6.07) is 5.19.